The minimum Gasteiger partial charge on any atom is -0.256 e. The second-order valence-corrected chi connectivity index (χ2v) is 10.4. The van der Waals surface area contributed by atoms with E-state index in [0.29, 0.717) is 0 Å². The third-order valence-electron chi connectivity index (χ3n) is 8.04. The van der Waals surface area contributed by atoms with Crippen LogP contribution in [0.25, 0.3) is 77.0 Å². The third-order valence-corrected chi connectivity index (χ3v) is 8.04. The fourth-order valence-electron chi connectivity index (χ4n) is 6.18. The molecule has 8 aromatic rings. The summed E-state index contributed by atoms with van der Waals surface area (Å²) in [6.45, 7) is 0. The first-order valence-corrected chi connectivity index (χ1v) is 13.7. The Morgan fingerprint density at radius 1 is 0.350 bits per heavy atom. The molecule has 0 aliphatic heterocycles. The lowest BCUT2D eigenvalue weighted by Gasteiger charge is -2.19. The van der Waals surface area contributed by atoms with Crippen LogP contribution in [0.5, 0.6) is 0 Å². The molecule has 0 spiro atoms. The second kappa shape index (κ2) is 9.18. The first-order chi connectivity index (χ1) is 19.8. The Kier molecular flexibility index (Phi) is 5.21. The molecule has 0 radical (unpaired) electrons. The van der Waals surface area contributed by atoms with E-state index in [1.807, 2.05) is 12.3 Å². The summed E-state index contributed by atoms with van der Waals surface area (Å²) in [5, 5.41) is 7.66. The Labute approximate surface area is 233 Å². The highest BCUT2D eigenvalue weighted by molar-refractivity contribution is 6.28. The molecule has 1 aromatic heterocycles. The van der Waals surface area contributed by atoms with Gasteiger partial charge in [-0.2, -0.15) is 0 Å². The van der Waals surface area contributed by atoms with Gasteiger partial charge in [0.2, 0.25) is 0 Å². The average molecular weight is 508 g/mol. The highest BCUT2D eigenvalue weighted by atomic mass is 14.7. The van der Waals surface area contributed by atoms with Crippen LogP contribution < -0.4 is 0 Å². The van der Waals surface area contributed by atoms with Gasteiger partial charge in [0.25, 0.3) is 0 Å². The predicted molar refractivity (Wildman–Crippen MR) is 170 cm³/mol. The van der Waals surface area contributed by atoms with Crippen LogP contribution in [0.15, 0.2) is 152 Å². The summed E-state index contributed by atoms with van der Waals surface area (Å²) in [5.41, 5.74) is 9.42. The van der Waals surface area contributed by atoms with Gasteiger partial charge in [-0.1, -0.05) is 109 Å². The van der Waals surface area contributed by atoms with Crippen LogP contribution in [0.2, 0.25) is 0 Å². The summed E-state index contributed by atoms with van der Waals surface area (Å²) in [5.74, 6) is 0. The van der Waals surface area contributed by atoms with Gasteiger partial charge >= 0.3 is 0 Å². The van der Waals surface area contributed by atoms with Crippen molar-refractivity contribution in [2.75, 3.05) is 0 Å². The quantitative estimate of drug-likeness (QED) is 0.216. The van der Waals surface area contributed by atoms with Crippen molar-refractivity contribution in [1.29, 1.82) is 0 Å². The van der Waals surface area contributed by atoms with Crippen molar-refractivity contribution in [3.63, 3.8) is 0 Å². The van der Waals surface area contributed by atoms with Gasteiger partial charge in [-0.15, -0.1) is 0 Å². The van der Waals surface area contributed by atoms with Crippen molar-refractivity contribution in [1.82, 2.24) is 4.98 Å². The molecular weight excluding hydrogens is 482 g/mol. The van der Waals surface area contributed by atoms with Crippen molar-refractivity contribution in [3.05, 3.63) is 152 Å². The number of rotatable bonds is 4. The molecule has 8 rings (SSSR count). The molecule has 0 aliphatic carbocycles. The van der Waals surface area contributed by atoms with Crippen LogP contribution in [-0.2, 0) is 0 Å². The summed E-state index contributed by atoms with van der Waals surface area (Å²) >= 11 is 0. The summed E-state index contributed by atoms with van der Waals surface area (Å²) in [7, 11) is 0. The van der Waals surface area contributed by atoms with Crippen molar-refractivity contribution in [2.45, 2.75) is 0 Å². The minimum atomic E-state index is 0.990. The summed E-state index contributed by atoms with van der Waals surface area (Å²) in [4.78, 5) is 4.80. The van der Waals surface area contributed by atoms with Crippen LogP contribution in [0.4, 0.5) is 0 Å². The lowest BCUT2D eigenvalue weighted by atomic mass is 9.85. The average Bonchev–Trinajstić information content (AvgIpc) is 3.04. The fraction of sp³-hybridized carbons (Fsp3) is 0. The van der Waals surface area contributed by atoms with E-state index < -0.39 is 0 Å². The second-order valence-electron chi connectivity index (χ2n) is 10.4. The molecule has 0 fully saturated rings. The summed E-state index contributed by atoms with van der Waals surface area (Å²) < 4.78 is 0. The summed E-state index contributed by atoms with van der Waals surface area (Å²) in [6.07, 6.45) is 1.89. The van der Waals surface area contributed by atoms with Gasteiger partial charge in [0, 0.05) is 11.8 Å². The number of aromatic nitrogens is 1. The number of benzene rings is 7. The fourth-order valence-corrected chi connectivity index (χ4v) is 6.18. The molecule has 0 amide bonds. The van der Waals surface area contributed by atoms with E-state index in [-0.39, 0.29) is 0 Å². The van der Waals surface area contributed by atoms with Crippen molar-refractivity contribution in [2.24, 2.45) is 0 Å². The van der Waals surface area contributed by atoms with Crippen molar-refractivity contribution < 1.29 is 0 Å². The maximum atomic E-state index is 4.80. The number of nitrogens with zero attached hydrogens (tertiary/aromatic N) is 1. The largest absolute Gasteiger partial charge is 0.256 e. The van der Waals surface area contributed by atoms with Gasteiger partial charge in [-0.25, -0.2) is 0 Å². The highest BCUT2D eigenvalue weighted by Crippen LogP contribution is 2.44. The van der Waals surface area contributed by atoms with Gasteiger partial charge in [-0.05, 0) is 102 Å². The lowest BCUT2D eigenvalue weighted by Crippen LogP contribution is -1.93. The van der Waals surface area contributed by atoms with Gasteiger partial charge in [-0.3, -0.25) is 4.98 Å². The molecule has 1 heterocycles. The zero-order chi connectivity index (χ0) is 26.5. The Morgan fingerprint density at radius 2 is 0.925 bits per heavy atom. The monoisotopic (exact) mass is 507 g/mol. The molecule has 0 saturated carbocycles. The van der Waals surface area contributed by atoms with Gasteiger partial charge in [0.05, 0.1) is 5.69 Å². The molecule has 0 aliphatic rings. The van der Waals surface area contributed by atoms with E-state index in [1.54, 1.807) is 0 Å². The van der Waals surface area contributed by atoms with Crippen molar-refractivity contribution >= 4 is 32.3 Å². The molecular formula is C39H25N. The molecule has 0 saturated heterocycles. The molecule has 0 unspecified atom stereocenters. The SMILES string of the molecule is c1ccc(-c2cc(-c3ccccc3)cc(-c3cc(-c4ccccn4)c4ccc5cccc6ccc3c4c65)c2)cc1. The van der Waals surface area contributed by atoms with Gasteiger partial charge in [0.15, 0.2) is 0 Å². The highest BCUT2D eigenvalue weighted by Gasteiger charge is 2.18. The first kappa shape index (κ1) is 22.7. The Morgan fingerprint density at radius 3 is 1.52 bits per heavy atom. The Hall–Kier alpha value is -5.27. The molecule has 40 heavy (non-hydrogen) atoms. The van der Waals surface area contributed by atoms with E-state index >= 15 is 0 Å². The molecule has 0 N–H and O–H groups in total. The lowest BCUT2D eigenvalue weighted by molar-refractivity contribution is 1.33. The Bertz CT molecular complexity index is 2060. The maximum Gasteiger partial charge on any atom is 0.0708 e. The third kappa shape index (κ3) is 3.67. The number of hydrogen-bond donors (Lipinski definition) is 0. The standard InChI is InChI=1S/C39H25N/c1-3-10-26(11-4-1)30-22-31(27-12-5-2-6-13-27)24-32(23-30)35-25-36(37-16-7-8-21-40-37)34-20-18-29-15-9-14-28-17-19-33(35)39(34)38(28)29/h1-25H. The number of pyridine rings is 1. The van der Waals surface area contributed by atoms with E-state index in [0.717, 1.165) is 11.3 Å². The maximum absolute atomic E-state index is 4.80. The topological polar surface area (TPSA) is 12.9 Å². The molecule has 0 bridgehead atoms. The van der Waals surface area contributed by atoms with Crippen LogP contribution in [0, 0.1) is 0 Å². The minimum absolute atomic E-state index is 0.990. The zero-order valence-electron chi connectivity index (χ0n) is 21.9. The molecule has 1 nitrogen and oxygen atoms in total. The van der Waals surface area contributed by atoms with E-state index in [9.17, 15) is 0 Å². The Balaban J connectivity index is 1.50. The van der Waals surface area contributed by atoms with Gasteiger partial charge < -0.3 is 0 Å². The molecule has 186 valence electrons. The predicted octanol–water partition coefficient (Wildman–Crippen LogP) is 10.6. The van der Waals surface area contributed by atoms with Crippen LogP contribution in [0.3, 0.4) is 0 Å². The molecule has 0 atom stereocenters. The van der Waals surface area contributed by atoms with E-state index in [2.05, 4.69) is 140 Å². The van der Waals surface area contributed by atoms with Gasteiger partial charge in [0.1, 0.15) is 0 Å². The number of hydrogen-bond acceptors (Lipinski definition) is 1. The normalized spacial score (nSPS) is 11.5. The molecule has 1 heteroatoms. The van der Waals surface area contributed by atoms with Crippen LogP contribution >= 0.6 is 0 Å². The summed E-state index contributed by atoms with van der Waals surface area (Å²) in [6, 6.07) is 52.6. The van der Waals surface area contributed by atoms with E-state index in [4.69, 9.17) is 4.98 Å². The van der Waals surface area contributed by atoms with E-state index in [1.165, 1.54) is 65.7 Å². The smallest absolute Gasteiger partial charge is 0.0708 e. The van der Waals surface area contributed by atoms with Crippen LogP contribution in [-0.4, -0.2) is 4.98 Å². The first-order valence-electron chi connectivity index (χ1n) is 13.7. The van der Waals surface area contributed by atoms with Crippen LogP contribution in [0.1, 0.15) is 0 Å². The van der Waals surface area contributed by atoms with Crippen molar-refractivity contribution in [3.8, 4) is 44.6 Å². The zero-order valence-corrected chi connectivity index (χ0v) is 21.9. The molecule has 7 aromatic carbocycles.